The first-order valence-electron chi connectivity index (χ1n) is 5.21. The Morgan fingerprint density at radius 3 is 2.50 bits per heavy atom. The maximum absolute atomic E-state index is 5.60. The zero-order chi connectivity index (χ0) is 11.5. The number of aromatic nitrogens is 1. The number of rotatable bonds is 4. The summed E-state index contributed by atoms with van der Waals surface area (Å²) in [6, 6.07) is 0. The molecular formula is C10H17N3O2S. The Morgan fingerprint density at radius 2 is 2.06 bits per heavy atom. The summed E-state index contributed by atoms with van der Waals surface area (Å²) in [5.74, 6) is 0. The van der Waals surface area contributed by atoms with Gasteiger partial charge in [0.25, 0.3) is 0 Å². The number of thiazole rings is 1. The molecule has 2 rings (SSSR count). The lowest BCUT2D eigenvalue weighted by atomic mass is 10.3. The highest BCUT2D eigenvalue weighted by Crippen LogP contribution is 2.21. The summed E-state index contributed by atoms with van der Waals surface area (Å²) in [6.07, 6.45) is 2.16. The molecule has 0 aromatic carbocycles. The summed E-state index contributed by atoms with van der Waals surface area (Å²) in [6.45, 7) is 2.66. The van der Waals surface area contributed by atoms with Crippen LogP contribution in [0.25, 0.3) is 0 Å². The molecule has 5 nitrogen and oxygen atoms in total. The van der Waals surface area contributed by atoms with Crippen LogP contribution in [0.3, 0.4) is 0 Å². The van der Waals surface area contributed by atoms with Crippen LogP contribution < -0.4 is 5.73 Å². The van der Waals surface area contributed by atoms with E-state index in [0.717, 1.165) is 19.6 Å². The molecule has 0 bridgehead atoms. The molecule has 1 saturated heterocycles. The molecule has 6 heteroatoms. The van der Waals surface area contributed by atoms with Gasteiger partial charge in [-0.2, -0.15) is 0 Å². The summed E-state index contributed by atoms with van der Waals surface area (Å²) in [7, 11) is 3.45. The van der Waals surface area contributed by atoms with Gasteiger partial charge in [0, 0.05) is 44.9 Å². The van der Waals surface area contributed by atoms with Gasteiger partial charge in [0.15, 0.2) is 5.13 Å². The molecule has 2 N–H and O–H groups in total. The monoisotopic (exact) mass is 243 g/mol. The molecule has 0 saturated carbocycles. The molecule has 90 valence electrons. The summed E-state index contributed by atoms with van der Waals surface area (Å²) >= 11 is 1.54. The topological polar surface area (TPSA) is 60.6 Å². The van der Waals surface area contributed by atoms with E-state index in [9.17, 15) is 0 Å². The van der Waals surface area contributed by atoms with Gasteiger partial charge in [0.2, 0.25) is 0 Å². The van der Waals surface area contributed by atoms with Gasteiger partial charge in [-0.1, -0.05) is 0 Å². The number of ether oxygens (including phenoxy) is 2. The minimum atomic E-state index is 0.162. The van der Waals surface area contributed by atoms with Gasteiger partial charge in [-0.25, -0.2) is 4.98 Å². The van der Waals surface area contributed by atoms with Crippen LogP contribution in [0.2, 0.25) is 0 Å². The molecular weight excluding hydrogens is 226 g/mol. The summed E-state index contributed by atoms with van der Waals surface area (Å²) in [4.78, 5) is 7.53. The number of nitrogen functional groups attached to an aromatic ring is 1. The molecule has 16 heavy (non-hydrogen) atoms. The van der Waals surface area contributed by atoms with Gasteiger partial charge in [-0.05, 0) is 0 Å². The third-order valence-electron chi connectivity index (χ3n) is 2.85. The Labute approximate surface area is 99.2 Å². The lowest BCUT2D eigenvalue weighted by Gasteiger charge is -2.13. The smallest absolute Gasteiger partial charge is 0.180 e. The van der Waals surface area contributed by atoms with Crippen molar-refractivity contribution in [2.75, 3.05) is 33.0 Å². The maximum Gasteiger partial charge on any atom is 0.180 e. The highest BCUT2D eigenvalue weighted by atomic mass is 32.1. The van der Waals surface area contributed by atoms with Crippen molar-refractivity contribution < 1.29 is 9.47 Å². The third-order valence-corrected chi connectivity index (χ3v) is 3.66. The molecule has 1 aliphatic heterocycles. The number of nitrogens with two attached hydrogens (primary N) is 1. The van der Waals surface area contributed by atoms with Crippen molar-refractivity contribution in [2.45, 2.75) is 18.8 Å². The van der Waals surface area contributed by atoms with Gasteiger partial charge >= 0.3 is 0 Å². The summed E-state index contributed by atoms with van der Waals surface area (Å²) in [5, 5.41) is 0.626. The van der Waals surface area contributed by atoms with Gasteiger partial charge in [-0.3, -0.25) is 4.90 Å². The van der Waals surface area contributed by atoms with Crippen molar-refractivity contribution in [3.8, 4) is 0 Å². The van der Waals surface area contributed by atoms with Crippen LogP contribution in [0.15, 0.2) is 6.20 Å². The second kappa shape index (κ2) is 5.09. The van der Waals surface area contributed by atoms with Crippen LogP contribution in [0.5, 0.6) is 0 Å². The van der Waals surface area contributed by atoms with Crippen molar-refractivity contribution in [3.05, 3.63) is 11.1 Å². The number of nitrogens with zero attached hydrogens (tertiary/aromatic N) is 2. The van der Waals surface area contributed by atoms with E-state index in [1.165, 1.54) is 16.2 Å². The maximum atomic E-state index is 5.60. The largest absolute Gasteiger partial charge is 0.377 e. The summed E-state index contributed by atoms with van der Waals surface area (Å²) < 4.78 is 10.8. The second-order valence-electron chi connectivity index (χ2n) is 3.91. The van der Waals surface area contributed by atoms with Gasteiger partial charge in [0.05, 0.1) is 12.2 Å². The Bertz CT molecular complexity index is 333. The van der Waals surface area contributed by atoms with E-state index in [1.54, 1.807) is 14.2 Å². The number of hydrogen-bond donors (Lipinski definition) is 1. The van der Waals surface area contributed by atoms with Crippen molar-refractivity contribution in [1.29, 1.82) is 0 Å². The fraction of sp³-hybridized carbons (Fsp3) is 0.700. The van der Waals surface area contributed by atoms with Gasteiger partial charge < -0.3 is 15.2 Å². The first-order valence-corrected chi connectivity index (χ1v) is 6.02. The number of hydrogen-bond acceptors (Lipinski definition) is 6. The van der Waals surface area contributed by atoms with Crippen LogP contribution in [0.1, 0.15) is 4.88 Å². The minimum absolute atomic E-state index is 0.162. The predicted molar refractivity (Wildman–Crippen MR) is 63.4 cm³/mol. The Hall–Kier alpha value is -0.690. The first kappa shape index (κ1) is 11.8. The highest BCUT2D eigenvalue weighted by molar-refractivity contribution is 7.15. The standard InChI is InChI=1S/C10H17N3O2S/c1-14-8-5-13(6-9(8)15-2)4-7-3-12-10(11)16-7/h3,8-9H,4-6H2,1-2H3,(H2,11,12). The highest BCUT2D eigenvalue weighted by Gasteiger charge is 2.32. The fourth-order valence-electron chi connectivity index (χ4n) is 2.02. The van der Waals surface area contributed by atoms with E-state index in [2.05, 4.69) is 9.88 Å². The predicted octanol–water partition coefficient (Wildman–Crippen LogP) is 0.571. The molecule has 1 aromatic heterocycles. The molecule has 0 spiro atoms. The molecule has 1 fully saturated rings. The fourth-order valence-corrected chi connectivity index (χ4v) is 2.74. The van der Waals surface area contributed by atoms with E-state index in [0.29, 0.717) is 5.13 Å². The molecule has 2 atom stereocenters. The second-order valence-corrected chi connectivity index (χ2v) is 5.05. The molecule has 1 aromatic rings. The molecule has 0 aliphatic carbocycles. The van der Waals surface area contributed by atoms with E-state index >= 15 is 0 Å². The van der Waals surface area contributed by atoms with Crippen molar-refractivity contribution in [3.63, 3.8) is 0 Å². The van der Waals surface area contributed by atoms with Crippen LogP contribution >= 0.6 is 11.3 Å². The lowest BCUT2D eigenvalue weighted by Crippen LogP contribution is -2.27. The zero-order valence-corrected chi connectivity index (χ0v) is 10.4. The van der Waals surface area contributed by atoms with E-state index in [4.69, 9.17) is 15.2 Å². The van der Waals surface area contributed by atoms with Crippen LogP contribution in [-0.4, -0.2) is 49.4 Å². The van der Waals surface area contributed by atoms with Crippen LogP contribution in [0, 0.1) is 0 Å². The number of methoxy groups -OCH3 is 2. The van der Waals surface area contributed by atoms with Crippen LogP contribution in [0.4, 0.5) is 5.13 Å². The summed E-state index contributed by atoms with van der Waals surface area (Å²) in [5.41, 5.74) is 5.60. The zero-order valence-electron chi connectivity index (χ0n) is 9.55. The van der Waals surface area contributed by atoms with Crippen molar-refractivity contribution in [2.24, 2.45) is 0 Å². The number of likely N-dealkylation sites (tertiary alicyclic amines) is 1. The van der Waals surface area contributed by atoms with Crippen molar-refractivity contribution in [1.82, 2.24) is 9.88 Å². The third kappa shape index (κ3) is 2.52. The minimum Gasteiger partial charge on any atom is -0.377 e. The van der Waals surface area contributed by atoms with E-state index in [1.807, 2.05) is 6.20 Å². The van der Waals surface area contributed by atoms with Gasteiger partial charge in [-0.15, -0.1) is 11.3 Å². The van der Waals surface area contributed by atoms with Crippen LogP contribution in [-0.2, 0) is 16.0 Å². The van der Waals surface area contributed by atoms with Gasteiger partial charge in [0.1, 0.15) is 0 Å². The molecule has 1 aliphatic rings. The first-order chi connectivity index (χ1) is 7.72. The Morgan fingerprint density at radius 1 is 1.44 bits per heavy atom. The molecule has 0 amide bonds. The normalized spacial score (nSPS) is 26.4. The van der Waals surface area contributed by atoms with E-state index in [-0.39, 0.29) is 12.2 Å². The Kier molecular flexibility index (Phi) is 3.75. The SMILES string of the molecule is COC1CN(Cc2cnc(N)s2)CC1OC. The molecule has 2 heterocycles. The van der Waals surface area contributed by atoms with E-state index < -0.39 is 0 Å². The lowest BCUT2D eigenvalue weighted by molar-refractivity contribution is -0.00461. The average molecular weight is 243 g/mol. The average Bonchev–Trinajstić information content (AvgIpc) is 2.85. The number of anilines is 1. The Balaban J connectivity index is 1.92. The quantitative estimate of drug-likeness (QED) is 0.838. The van der Waals surface area contributed by atoms with Crippen molar-refractivity contribution >= 4 is 16.5 Å². The molecule has 0 radical (unpaired) electrons. The molecule has 2 unspecified atom stereocenters.